The van der Waals surface area contributed by atoms with E-state index in [0.717, 1.165) is 5.56 Å². The zero-order chi connectivity index (χ0) is 17.0. The number of phenols is 1. The van der Waals surface area contributed by atoms with Gasteiger partial charge in [0.2, 0.25) is 0 Å². The molecule has 2 N–H and O–H groups in total. The van der Waals surface area contributed by atoms with E-state index in [0.29, 0.717) is 11.3 Å². The van der Waals surface area contributed by atoms with Gasteiger partial charge in [0.1, 0.15) is 5.75 Å². The first-order valence-corrected chi connectivity index (χ1v) is 7.52. The molecule has 2 aromatic rings. The number of nitrogens with one attached hydrogen (secondary N) is 1. The Morgan fingerprint density at radius 1 is 1.04 bits per heavy atom. The van der Waals surface area contributed by atoms with Crippen LogP contribution in [0.5, 0.6) is 5.75 Å². The number of hydrogen-bond acceptors (Lipinski definition) is 3. The van der Waals surface area contributed by atoms with Crippen molar-refractivity contribution in [1.82, 2.24) is 5.43 Å². The van der Waals surface area contributed by atoms with E-state index in [4.69, 9.17) is 0 Å². The number of aromatic hydroxyl groups is 1. The SMILES string of the molecule is C/C(=N/NC(=O)c1ccc(C(C)(C)C)cc1)c1cccc(O)c1. The molecule has 2 aromatic carbocycles. The molecule has 0 aromatic heterocycles. The number of rotatable bonds is 3. The van der Waals surface area contributed by atoms with Crippen LogP contribution in [0.4, 0.5) is 0 Å². The van der Waals surface area contributed by atoms with Crippen LogP contribution in [0.1, 0.15) is 49.2 Å². The predicted molar refractivity (Wildman–Crippen MR) is 92.9 cm³/mol. The lowest BCUT2D eigenvalue weighted by Gasteiger charge is -2.18. The van der Waals surface area contributed by atoms with Crippen LogP contribution in [0.25, 0.3) is 0 Å². The molecule has 2 rings (SSSR count). The van der Waals surface area contributed by atoms with Crippen LogP contribution in [0, 0.1) is 0 Å². The van der Waals surface area contributed by atoms with Gasteiger partial charge in [0.25, 0.3) is 5.91 Å². The average molecular weight is 310 g/mol. The molecule has 0 aliphatic heterocycles. The van der Waals surface area contributed by atoms with Crippen LogP contribution in [-0.2, 0) is 5.41 Å². The van der Waals surface area contributed by atoms with E-state index in [-0.39, 0.29) is 17.1 Å². The maximum Gasteiger partial charge on any atom is 0.271 e. The van der Waals surface area contributed by atoms with Crippen LogP contribution in [0.15, 0.2) is 53.6 Å². The van der Waals surface area contributed by atoms with Crippen LogP contribution in [0.3, 0.4) is 0 Å². The summed E-state index contributed by atoms with van der Waals surface area (Å²) in [6.45, 7) is 8.17. The lowest BCUT2D eigenvalue weighted by Crippen LogP contribution is -2.20. The van der Waals surface area contributed by atoms with Crippen molar-refractivity contribution in [2.24, 2.45) is 5.10 Å². The van der Waals surface area contributed by atoms with Crippen molar-refractivity contribution in [1.29, 1.82) is 0 Å². The summed E-state index contributed by atoms with van der Waals surface area (Å²) >= 11 is 0. The van der Waals surface area contributed by atoms with Crippen LogP contribution in [-0.4, -0.2) is 16.7 Å². The number of amides is 1. The Morgan fingerprint density at radius 3 is 2.26 bits per heavy atom. The van der Waals surface area contributed by atoms with Gasteiger partial charge in [0, 0.05) is 11.1 Å². The molecule has 0 atom stereocenters. The highest BCUT2D eigenvalue weighted by Gasteiger charge is 2.14. The minimum Gasteiger partial charge on any atom is -0.508 e. The molecule has 1 amide bonds. The predicted octanol–water partition coefficient (Wildman–Crippen LogP) is 3.84. The molecule has 0 aliphatic carbocycles. The van der Waals surface area contributed by atoms with E-state index in [1.165, 1.54) is 5.56 Å². The third-order valence-electron chi connectivity index (χ3n) is 3.60. The van der Waals surface area contributed by atoms with Crippen molar-refractivity contribution >= 4 is 11.6 Å². The molecule has 0 spiro atoms. The van der Waals surface area contributed by atoms with E-state index in [2.05, 4.69) is 31.3 Å². The fraction of sp³-hybridized carbons (Fsp3) is 0.263. The topological polar surface area (TPSA) is 61.7 Å². The van der Waals surface area contributed by atoms with Crippen LogP contribution < -0.4 is 5.43 Å². The number of hydrazone groups is 1. The third-order valence-corrected chi connectivity index (χ3v) is 3.60. The van der Waals surface area contributed by atoms with Gasteiger partial charge in [-0.3, -0.25) is 4.79 Å². The second kappa shape index (κ2) is 6.65. The van der Waals surface area contributed by atoms with Crippen molar-refractivity contribution in [3.8, 4) is 5.75 Å². The summed E-state index contributed by atoms with van der Waals surface area (Å²) in [6, 6.07) is 14.3. The number of carbonyl (C=O) groups excluding carboxylic acids is 1. The number of benzene rings is 2. The molecular weight excluding hydrogens is 288 g/mol. The second-order valence-corrected chi connectivity index (χ2v) is 6.52. The first-order chi connectivity index (χ1) is 10.8. The Morgan fingerprint density at radius 2 is 1.70 bits per heavy atom. The Bertz CT molecular complexity index is 726. The lowest BCUT2D eigenvalue weighted by atomic mass is 9.87. The Balaban J connectivity index is 2.08. The monoisotopic (exact) mass is 310 g/mol. The molecule has 0 unspecified atom stereocenters. The summed E-state index contributed by atoms with van der Waals surface area (Å²) in [4.78, 5) is 12.1. The number of carbonyl (C=O) groups is 1. The van der Waals surface area contributed by atoms with E-state index in [9.17, 15) is 9.90 Å². The zero-order valence-electron chi connectivity index (χ0n) is 13.9. The van der Waals surface area contributed by atoms with Gasteiger partial charge in [-0.25, -0.2) is 5.43 Å². The largest absolute Gasteiger partial charge is 0.508 e. The maximum atomic E-state index is 12.1. The quantitative estimate of drug-likeness (QED) is 0.668. The van der Waals surface area contributed by atoms with E-state index < -0.39 is 0 Å². The minimum atomic E-state index is -0.259. The Labute approximate surface area is 136 Å². The van der Waals surface area contributed by atoms with Gasteiger partial charge in [-0.1, -0.05) is 45.0 Å². The first-order valence-electron chi connectivity index (χ1n) is 7.52. The number of nitrogens with zero attached hydrogens (tertiary/aromatic N) is 1. The Hall–Kier alpha value is -2.62. The molecule has 4 heteroatoms. The van der Waals surface area contributed by atoms with Crippen LogP contribution >= 0.6 is 0 Å². The molecule has 120 valence electrons. The summed E-state index contributed by atoms with van der Waals surface area (Å²) in [5.74, 6) is -0.0916. The molecule has 23 heavy (non-hydrogen) atoms. The van der Waals surface area contributed by atoms with Crippen molar-refractivity contribution < 1.29 is 9.90 Å². The van der Waals surface area contributed by atoms with E-state index in [1.54, 1.807) is 37.3 Å². The van der Waals surface area contributed by atoms with Gasteiger partial charge in [-0.2, -0.15) is 5.10 Å². The minimum absolute atomic E-state index is 0.0546. The fourth-order valence-corrected chi connectivity index (χ4v) is 2.12. The molecular formula is C19H22N2O2. The third kappa shape index (κ3) is 4.42. The molecule has 0 saturated heterocycles. The average Bonchev–Trinajstić information content (AvgIpc) is 2.51. The highest BCUT2D eigenvalue weighted by Crippen LogP contribution is 2.22. The van der Waals surface area contributed by atoms with Crippen LogP contribution in [0.2, 0.25) is 0 Å². The second-order valence-electron chi connectivity index (χ2n) is 6.52. The molecule has 0 saturated carbocycles. The fourth-order valence-electron chi connectivity index (χ4n) is 2.12. The molecule has 0 fully saturated rings. The normalized spacial score (nSPS) is 12.1. The number of phenolic OH excluding ortho intramolecular Hbond substituents is 1. The smallest absolute Gasteiger partial charge is 0.271 e. The highest BCUT2D eigenvalue weighted by atomic mass is 16.3. The first kappa shape index (κ1) is 16.7. The maximum absolute atomic E-state index is 12.1. The van der Waals surface area contributed by atoms with Gasteiger partial charge in [0.15, 0.2) is 0 Å². The van der Waals surface area contributed by atoms with Crippen molar-refractivity contribution in [3.05, 3.63) is 65.2 Å². The van der Waals surface area contributed by atoms with Gasteiger partial charge < -0.3 is 5.11 Å². The standard InChI is InChI=1S/C19H22N2O2/c1-13(15-6-5-7-17(22)12-15)20-21-18(23)14-8-10-16(11-9-14)19(2,3)4/h5-12,22H,1-4H3,(H,21,23)/b20-13-. The Kier molecular flexibility index (Phi) is 4.84. The number of hydrogen-bond donors (Lipinski definition) is 2. The van der Waals surface area contributed by atoms with Crippen molar-refractivity contribution in [2.45, 2.75) is 33.1 Å². The highest BCUT2D eigenvalue weighted by molar-refractivity contribution is 6.01. The van der Waals surface area contributed by atoms with Gasteiger partial charge in [0.05, 0.1) is 5.71 Å². The molecule has 0 heterocycles. The van der Waals surface area contributed by atoms with Crippen molar-refractivity contribution in [2.75, 3.05) is 0 Å². The molecule has 0 aliphatic rings. The zero-order valence-corrected chi connectivity index (χ0v) is 13.9. The van der Waals surface area contributed by atoms with Gasteiger partial charge in [-0.15, -0.1) is 0 Å². The van der Waals surface area contributed by atoms with E-state index in [1.807, 2.05) is 18.2 Å². The van der Waals surface area contributed by atoms with Gasteiger partial charge in [-0.05, 0) is 42.2 Å². The lowest BCUT2D eigenvalue weighted by molar-refractivity contribution is 0.0955. The summed E-state index contributed by atoms with van der Waals surface area (Å²) in [7, 11) is 0. The summed E-state index contributed by atoms with van der Waals surface area (Å²) < 4.78 is 0. The van der Waals surface area contributed by atoms with Gasteiger partial charge >= 0.3 is 0 Å². The summed E-state index contributed by atoms with van der Waals surface area (Å²) in [5.41, 5.74) is 5.72. The molecule has 0 radical (unpaired) electrons. The molecule has 4 nitrogen and oxygen atoms in total. The summed E-state index contributed by atoms with van der Waals surface area (Å²) in [6.07, 6.45) is 0. The summed E-state index contributed by atoms with van der Waals surface area (Å²) in [5, 5.41) is 13.6. The van der Waals surface area contributed by atoms with Crippen molar-refractivity contribution in [3.63, 3.8) is 0 Å². The van der Waals surface area contributed by atoms with E-state index >= 15 is 0 Å². The molecule has 0 bridgehead atoms.